The Balaban J connectivity index is 2.04. The van der Waals surface area contributed by atoms with Gasteiger partial charge in [-0.2, -0.15) is 0 Å². The molecule has 0 amide bonds. The monoisotopic (exact) mass is 303 g/mol. The van der Waals surface area contributed by atoms with Gasteiger partial charge >= 0.3 is 0 Å². The first-order chi connectivity index (χ1) is 10.0. The summed E-state index contributed by atoms with van der Waals surface area (Å²) in [4.78, 5) is 17.9. The highest BCUT2D eigenvalue weighted by Crippen LogP contribution is 2.38. The maximum absolute atomic E-state index is 11.0. The van der Waals surface area contributed by atoms with Gasteiger partial charge in [0.2, 0.25) is 0 Å². The Labute approximate surface area is 127 Å². The van der Waals surface area contributed by atoms with Gasteiger partial charge in [-0.3, -0.25) is 15.1 Å². The van der Waals surface area contributed by atoms with Gasteiger partial charge in [-0.1, -0.05) is 18.2 Å². The normalized spacial score (nSPS) is 24.4. The zero-order valence-electron chi connectivity index (χ0n) is 12.1. The van der Waals surface area contributed by atoms with Crippen molar-refractivity contribution in [2.45, 2.75) is 18.9 Å². The van der Waals surface area contributed by atoms with Crippen molar-refractivity contribution in [3.8, 4) is 0 Å². The molecule has 0 fully saturated rings. The first kappa shape index (κ1) is 14.1. The molecule has 2 heterocycles. The Morgan fingerprint density at radius 1 is 1.48 bits per heavy atom. The number of aliphatic imine (C=N–C) groups is 1. The molecule has 2 aliphatic heterocycles. The van der Waals surface area contributed by atoms with Crippen molar-refractivity contribution in [3.05, 3.63) is 51.7 Å². The van der Waals surface area contributed by atoms with Gasteiger partial charge in [0.25, 0.3) is 5.69 Å². The van der Waals surface area contributed by atoms with Gasteiger partial charge in [-0.05, 0) is 25.2 Å². The van der Waals surface area contributed by atoms with Crippen LogP contribution in [-0.2, 0) is 5.54 Å². The molecule has 0 aromatic heterocycles. The molecular formula is C15H17N3O2S. The van der Waals surface area contributed by atoms with Gasteiger partial charge in [0, 0.05) is 25.2 Å². The topological polar surface area (TPSA) is 58.7 Å². The molecule has 21 heavy (non-hydrogen) atoms. The Morgan fingerprint density at radius 2 is 2.29 bits per heavy atom. The number of thioether (sulfide) groups is 1. The van der Waals surface area contributed by atoms with Gasteiger partial charge < -0.3 is 4.90 Å². The van der Waals surface area contributed by atoms with E-state index < -0.39 is 5.54 Å². The first-order valence-electron chi connectivity index (χ1n) is 6.88. The third kappa shape index (κ3) is 2.44. The molecule has 3 rings (SSSR count). The molecule has 2 aliphatic rings. The van der Waals surface area contributed by atoms with Crippen LogP contribution in [0.3, 0.4) is 0 Å². The molecule has 1 atom stereocenters. The summed E-state index contributed by atoms with van der Waals surface area (Å²) in [5, 5.41) is 12.0. The van der Waals surface area contributed by atoms with Crippen molar-refractivity contribution in [3.63, 3.8) is 0 Å². The number of rotatable bonds is 2. The van der Waals surface area contributed by atoms with Crippen LogP contribution in [0, 0.1) is 10.1 Å². The molecule has 5 nitrogen and oxygen atoms in total. The summed E-state index contributed by atoms with van der Waals surface area (Å²) in [5.74, 6) is 0. The Bertz CT molecular complexity index is 656. The summed E-state index contributed by atoms with van der Waals surface area (Å²) >= 11 is 1.64. The number of hydrogen-bond acceptors (Lipinski definition) is 5. The molecule has 1 unspecified atom stereocenters. The molecule has 0 radical (unpaired) electrons. The van der Waals surface area contributed by atoms with E-state index in [1.54, 1.807) is 23.9 Å². The quantitative estimate of drug-likeness (QED) is 0.622. The number of fused-ring (bicyclic) bond motifs is 1. The van der Waals surface area contributed by atoms with Crippen molar-refractivity contribution in [2.75, 3.05) is 19.3 Å². The third-order valence-electron chi connectivity index (χ3n) is 4.02. The van der Waals surface area contributed by atoms with Gasteiger partial charge in [0.05, 0.1) is 10.6 Å². The highest BCUT2D eigenvalue weighted by Gasteiger charge is 2.37. The fourth-order valence-electron chi connectivity index (χ4n) is 2.94. The number of nitrogens with zero attached hydrogens (tertiary/aromatic N) is 3. The number of non-ortho nitro benzene ring substituents is 1. The van der Waals surface area contributed by atoms with Crippen LogP contribution in [0.25, 0.3) is 0 Å². The Morgan fingerprint density at radius 3 is 3.00 bits per heavy atom. The van der Waals surface area contributed by atoms with E-state index in [-0.39, 0.29) is 10.6 Å². The largest absolute Gasteiger partial charge is 0.367 e. The Hall–Kier alpha value is -1.82. The lowest BCUT2D eigenvalue weighted by Crippen LogP contribution is -2.42. The van der Waals surface area contributed by atoms with Gasteiger partial charge in [0.1, 0.15) is 10.6 Å². The fraction of sp³-hybridized carbons (Fsp3) is 0.400. The van der Waals surface area contributed by atoms with E-state index >= 15 is 0 Å². The Kier molecular flexibility index (Phi) is 3.49. The SMILES string of the molecule is CSC1=NC(C)(c2cccc([N+](=O)[O-])c2)CN2CCC=C12. The number of benzene rings is 1. The van der Waals surface area contributed by atoms with E-state index in [2.05, 4.69) is 17.9 Å². The second-order valence-electron chi connectivity index (χ2n) is 5.50. The highest BCUT2D eigenvalue weighted by atomic mass is 32.2. The molecule has 1 aromatic carbocycles. The highest BCUT2D eigenvalue weighted by molar-refractivity contribution is 8.13. The van der Waals surface area contributed by atoms with Crippen molar-refractivity contribution < 1.29 is 4.92 Å². The standard InChI is InChI=1S/C15H17N3O2S/c1-15(11-5-3-6-12(9-11)18(19)20)10-17-8-4-7-13(17)14(16-15)21-2/h3,5-7,9H,4,8,10H2,1-2H3. The fourth-order valence-corrected chi connectivity index (χ4v) is 3.66. The zero-order valence-corrected chi connectivity index (χ0v) is 12.9. The van der Waals surface area contributed by atoms with E-state index in [9.17, 15) is 10.1 Å². The lowest BCUT2D eigenvalue weighted by molar-refractivity contribution is -0.385. The van der Waals surface area contributed by atoms with Crippen molar-refractivity contribution in [1.29, 1.82) is 0 Å². The average molecular weight is 303 g/mol. The predicted octanol–water partition coefficient (Wildman–Crippen LogP) is 3.17. The molecular weight excluding hydrogens is 286 g/mol. The van der Waals surface area contributed by atoms with Gasteiger partial charge in [-0.25, -0.2) is 0 Å². The minimum Gasteiger partial charge on any atom is -0.367 e. The molecule has 0 spiro atoms. The van der Waals surface area contributed by atoms with Crippen LogP contribution < -0.4 is 0 Å². The first-order valence-corrected chi connectivity index (χ1v) is 8.10. The summed E-state index contributed by atoms with van der Waals surface area (Å²) < 4.78 is 0. The second-order valence-corrected chi connectivity index (χ2v) is 6.30. The summed E-state index contributed by atoms with van der Waals surface area (Å²) in [5.41, 5.74) is 1.79. The van der Waals surface area contributed by atoms with Crippen molar-refractivity contribution >= 4 is 22.5 Å². The molecule has 1 aromatic rings. The smallest absolute Gasteiger partial charge is 0.269 e. The van der Waals surface area contributed by atoms with Gasteiger partial charge in [0.15, 0.2) is 0 Å². The van der Waals surface area contributed by atoms with Crippen molar-refractivity contribution in [1.82, 2.24) is 4.90 Å². The van der Waals surface area contributed by atoms with Crippen LogP contribution in [-0.4, -0.2) is 34.2 Å². The average Bonchev–Trinajstić information content (AvgIpc) is 2.94. The van der Waals surface area contributed by atoms with E-state index in [4.69, 9.17) is 4.99 Å². The number of hydrogen-bond donors (Lipinski definition) is 0. The van der Waals surface area contributed by atoms with Crippen LogP contribution in [0.2, 0.25) is 0 Å². The van der Waals surface area contributed by atoms with E-state index in [0.29, 0.717) is 0 Å². The summed E-state index contributed by atoms with van der Waals surface area (Å²) in [7, 11) is 0. The molecule has 110 valence electrons. The lowest BCUT2D eigenvalue weighted by atomic mass is 9.90. The van der Waals surface area contributed by atoms with Crippen LogP contribution in [0.15, 0.2) is 41.0 Å². The summed E-state index contributed by atoms with van der Waals surface area (Å²) in [6, 6.07) is 6.84. The van der Waals surface area contributed by atoms with E-state index in [1.165, 1.54) is 11.8 Å². The van der Waals surface area contributed by atoms with Crippen LogP contribution in [0.1, 0.15) is 18.9 Å². The molecule has 0 bridgehead atoms. The summed E-state index contributed by atoms with van der Waals surface area (Å²) in [6.07, 6.45) is 5.29. The maximum atomic E-state index is 11.0. The molecule has 0 saturated carbocycles. The van der Waals surface area contributed by atoms with E-state index in [1.807, 2.05) is 12.3 Å². The van der Waals surface area contributed by atoms with E-state index in [0.717, 1.165) is 30.1 Å². The summed E-state index contributed by atoms with van der Waals surface area (Å²) in [6.45, 7) is 3.82. The van der Waals surface area contributed by atoms with Crippen LogP contribution in [0.4, 0.5) is 5.69 Å². The number of nitro groups is 1. The van der Waals surface area contributed by atoms with Gasteiger partial charge in [-0.15, -0.1) is 11.8 Å². The molecule has 6 heteroatoms. The molecule has 0 N–H and O–H groups in total. The lowest BCUT2D eigenvalue weighted by Gasteiger charge is -2.38. The minimum absolute atomic E-state index is 0.123. The van der Waals surface area contributed by atoms with Crippen molar-refractivity contribution in [2.24, 2.45) is 4.99 Å². The second kappa shape index (κ2) is 5.18. The zero-order chi connectivity index (χ0) is 15.0. The van der Waals surface area contributed by atoms with Crippen LogP contribution >= 0.6 is 11.8 Å². The molecule has 0 saturated heterocycles. The number of nitro benzene ring substituents is 1. The minimum atomic E-state index is -0.438. The predicted molar refractivity (Wildman–Crippen MR) is 85.7 cm³/mol. The maximum Gasteiger partial charge on any atom is 0.269 e. The van der Waals surface area contributed by atoms with Crippen LogP contribution in [0.5, 0.6) is 0 Å². The third-order valence-corrected chi connectivity index (χ3v) is 4.70. The molecule has 0 aliphatic carbocycles.